The fourth-order valence-corrected chi connectivity index (χ4v) is 15.7. The molecule has 16 rings (SSSR count). The van der Waals surface area contributed by atoms with Crippen molar-refractivity contribution in [2.45, 2.75) is 24.7 Å². The highest BCUT2D eigenvalue weighted by Crippen LogP contribution is 2.58. The second kappa shape index (κ2) is 26.7. The molecular formula is C90H64N4O12. The molecule has 14 aromatic carbocycles. The highest BCUT2D eigenvalue weighted by molar-refractivity contribution is 6.17. The molecule has 14 aromatic rings. The van der Waals surface area contributed by atoms with Crippen LogP contribution < -0.4 is 21.3 Å². The fraction of sp³-hybridized carbons (Fsp3) is 0.0667. The summed E-state index contributed by atoms with van der Waals surface area (Å²) in [6.45, 7) is 4.19. The Balaban J connectivity index is 0.000000170. The first-order valence-electron chi connectivity index (χ1n) is 34.1. The zero-order valence-electron chi connectivity index (χ0n) is 57.5. The second-order valence-electron chi connectivity index (χ2n) is 26.5. The summed E-state index contributed by atoms with van der Waals surface area (Å²) < 4.78 is 0. The molecule has 0 aliphatic heterocycles. The van der Waals surface area contributed by atoms with Gasteiger partial charge in [-0.3, -0.25) is 19.2 Å². The third kappa shape index (κ3) is 11.4. The zero-order valence-corrected chi connectivity index (χ0v) is 57.5. The summed E-state index contributed by atoms with van der Waals surface area (Å²) >= 11 is 0. The van der Waals surface area contributed by atoms with E-state index in [9.17, 15) is 58.8 Å². The Labute approximate surface area is 606 Å². The van der Waals surface area contributed by atoms with Gasteiger partial charge in [0.15, 0.2) is 0 Å². The molecular weight excluding hydrogens is 1330 g/mol. The first-order chi connectivity index (χ1) is 51.2. The number of hydrogen-bond donors (Lipinski definition) is 8. The molecule has 0 spiro atoms. The average Bonchev–Trinajstić information content (AvgIpc) is 1.53. The molecule has 0 atom stereocenters. The second-order valence-corrected chi connectivity index (χ2v) is 26.5. The smallest absolute Gasteiger partial charge is 0.336 e. The summed E-state index contributed by atoms with van der Waals surface area (Å²) in [5, 5.41) is 57.4. The molecule has 106 heavy (non-hydrogen) atoms. The Morgan fingerprint density at radius 2 is 0.491 bits per heavy atom. The first kappa shape index (κ1) is 67.7. The molecule has 516 valence electrons. The van der Waals surface area contributed by atoms with E-state index in [0.717, 1.165) is 78.8 Å². The Hall–Kier alpha value is -14.1. The van der Waals surface area contributed by atoms with Crippen LogP contribution in [-0.2, 0) is 10.8 Å². The van der Waals surface area contributed by atoms with E-state index in [1.165, 1.54) is 80.5 Å². The van der Waals surface area contributed by atoms with Gasteiger partial charge in [-0.1, -0.05) is 205 Å². The maximum Gasteiger partial charge on any atom is 0.336 e. The highest BCUT2D eigenvalue weighted by atomic mass is 16.4. The lowest BCUT2D eigenvalue weighted by molar-refractivity contribution is 0.0676. The van der Waals surface area contributed by atoms with Crippen LogP contribution >= 0.6 is 0 Å². The molecule has 0 aromatic heterocycles. The summed E-state index contributed by atoms with van der Waals surface area (Å²) in [6.07, 6.45) is 0. The molecule has 0 bridgehead atoms. The number of anilines is 2. The molecule has 0 unspecified atom stereocenters. The number of carbonyl (C=O) groups is 8. The van der Waals surface area contributed by atoms with Crippen LogP contribution in [0.1, 0.15) is 138 Å². The number of aryl methyl sites for hydroxylation is 2. The van der Waals surface area contributed by atoms with Crippen LogP contribution in [0.5, 0.6) is 0 Å². The lowest BCUT2D eigenvalue weighted by atomic mass is 9.67. The SMILES string of the molecule is CNC(=O)c1cc(C(=O)Nc2ccc3cc(C4(c5ccc6cc(C)ccc6c5)c5ccccc5-c5ccccc54)ccc3c2)c(C(=O)O)cc1C(=O)O.CNC(=O)c1cc(C(=O)O)c(C(=O)Nc2ccc3cc(C4(c5ccc6cc(C)ccc6c5)c5ccccc5-c5ccccc54)ccc3c2)cc1C(=O)O. The van der Waals surface area contributed by atoms with Gasteiger partial charge in [-0.25, -0.2) is 19.2 Å². The van der Waals surface area contributed by atoms with Crippen molar-refractivity contribution >= 4 is 102 Å². The summed E-state index contributed by atoms with van der Waals surface area (Å²) in [4.78, 5) is 99.9. The van der Waals surface area contributed by atoms with Crippen LogP contribution in [0.4, 0.5) is 11.4 Å². The van der Waals surface area contributed by atoms with Gasteiger partial charge < -0.3 is 41.7 Å². The minimum atomic E-state index is -1.50. The molecule has 0 saturated heterocycles. The Bertz CT molecular complexity index is 6080. The van der Waals surface area contributed by atoms with Gasteiger partial charge in [-0.15, -0.1) is 0 Å². The number of carbonyl (C=O) groups excluding carboxylic acids is 4. The van der Waals surface area contributed by atoms with E-state index < -0.39 is 80.6 Å². The van der Waals surface area contributed by atoms with Gasteiger partial charge in [-0.2, -0.15) is 0 Å². The van der Waals surface area contributed by atoms with Gasteiger partial charge >= 0.3 is 23.9 Å². The Morgan fingerprint density at radius 1 is 0.255 bits per heavy atom. The maximum atomic E-state index is 13.5. The van der Waals surface area contributed by atoms with E-state index in [1.807, 2.05) is 24.3 Å². The Kier molecular flexibility index (Phi) is 17.0. The van der Waals surface area contributed by atoms with Crippen molar-refractivity contribution in [2.24, 2.45) is 0 Å². The monoisotopic (exact) mass is 1390 g/mol. The molecule has 0 fully saturated rings. The minimum absolute atomic E-state index is 0.327. The van der Waals surface area contributed by atoms with E-state index >= 15 is 0 Å². The molecule has 0 saturated carbocycles. The summed E-state index contributed by atoms with van der Waals surface area (Å²) in [7, 11) is 2.61. The van der Waals surface area contributed by atoms with Crippen molar-refractivity contribution in [3.63, 3.8) is 0 Å². The summed E-state index contributed by atoms with van der Waals surface area (Å²) in [5.41, 5.74) is 12.4. The Morgan fingerprint density at radius 3 is 0.783 bits per heavy atom. The van der Waals surface area contributed by atoms with Crippen LogP contribution in [-0.4, -0.2) is 82.0 Å². The number of rotatable bonds is 14. The van der Waals surface area contributed by atoms with Crippen molar-refractivity contribution in [3.8, 4) is 22.3 Å². The lowest BCUT2D eigenvalue weighted by Crippen LogP contribution is -2.28. The number of carboxylic acids is 4. The standard InChI is InChI=1S/2C45H32N2O6/c1-25-11-12-27-20-30(16-13-26(27)19-25)45(39-9-5-3-7-33(39)34-8-4-6-10-40(34)45)31-17-14-29-22-32(18-15-28(29)21-31)47-42(49)36-24-37(43(50)51)35(41(48)46-2)23-38(36)44(52)53;1-25-11-12-27-20-30(16-13-26(27)19-25)45(39-9-5-3-7-33(39)34-8-4-6-10-40(34)45)31-17-14-29-22-32(18-15-28(29)21-31)47-42(49)36-23-35(41(48)46-2)37(43(50)51)24-38(36)44(52)53/h2*3-24H,1-2H3,(H,46,48)(H,47,49)(H,50,51)(H,52,53). The van der Waals surface area contributed by atoms with Gasteiger partial charge in [0.05, 0.1) is 55.3 Å². The number of amides is 4. The van der Waals surface area contributed by atoms with Crippen LogP contribution in [0, 0.1) is 13.8 Å². The van der Waals surface area contributed by atoms with Crippen LogP contribution in [0.25, 0.3) is 65.3 Å². The van der Waals surface area contributed by atoms with Gasteiger partial charge in [0.1, 0.15) is 0 Å². The topological polar surface area (TPSA) is 266 Å². The number of nitrogens with one attached hydrogen (secondary N) is 4. The third-order valence-corrected chi connectivity index (χ3v) is 20.5. The largest absolute Gasteiger partial charge is 0.478 e. The van der Waals surface area contributed by atoms with Crippen molar-refractivity contribution in [3.05, 3.63) is 367 Å². The highest BCUT2D eigenvalue weighted by Gasteiger charge is 2.48. The fourth-order valence-electron chi connectivity index (χ4n) is 15.7. The van der Waals surface area contributed by atoms with E-state index in [1.54, 1.807) is 24.3 Å². The average molecular weight is 1390 g/mol. The van der Waals surface area contributed by atoms with Crippen molar-refractivity contribution in [1.29, 1.82) is 0 Å². The molecule has 16 heteroatoms. The van der Waals surface area contributed by atoms with Gasteiger partial charge in [-0.05, 0) is 196 Å². The molecule has 16 nitrogen and oxygen atoms in total. The molecule has 0 radical (unpaired) electrons. The third-order valence-electron chi connectivity index (χ3n) is 20.5. The van der Waals surface area contributed by atoms with Crippen LogP contribution in [0.2, 0.25) is 0 Å². The first-order valence-corrected chi connectivity index (χ1v) is 34.1. The maximum absolute atomic E-state index is 13.5. The van der Waals surface area contributed by atoms with Crippen molar-refractivity contribution in [1.82, 2.24) is 10.6 Å². The van der Waals surface area contributed by atoms with Crippen molar-refractivity contribution < 1.29 is 58.8 Å². The van der Waals surface area contributed by atoms with E-state index in [2.05, 4.69) is 229 Å². The number of carboxylic acid groups (broad SMARTS) is 4. The van der Waals surface area contributed by atoms with Crippen molar-refractivity contribution in [2.75, 3.05) is 24.7 Å². The lowest BCUT2D eigenvalue weighted by Gasteiger charge is -2.34. The number of aromatic carboxylic acids is 4. The molecule has 2 aliphatic carbocycles. The van der Waals surface area contributed by atoms with Gasteiger partial charge in [0, 0.05) is 25.5 Å². The van der Waals surface area contributed by atoms with Crippen LogP contribution in [0.15, 0.2) is 267 Å². The van der Waals surface area contributed by atoms with Gasteiger partial charge in [0.25, 0.3) is 23.6 Å². The van der Waals surface area contributed by atoms with Crippen LogP contribution in [0.3, 0.4) is 0 Å². The van der Waals surface area contributed by atoms with E-state index in [4.69, 9.17) is 0 Å². The number of hydrogen-bond acceptors (Lipinski definition) is 8. The number of fused-ring (bicyclic) bond motifs is 10. The predicted octanol–water partition coefficient (Wildman–Crippen LogP) is 17.3. The number of benzene rings is 14. The molecule has 4 amide bonds. The normalized spacial score (nSPS) is 12.6. The van der Waals surface area contributed by atoms with E-state index in [-0.39, 0.29) is 22.3 Å². The molecule has 2 aliphatic rings. The van der Waals surface area contributed by atoms with E-state index in [0.29, 0.717) is 11.4 Å². The summed E-state index contributed by atoms with van der Waals surface area (Å²) in [6, 6.07) is 87.7. The predicted molar refractivity (Wildman–Crippen MR) is 410 cm³/mol. The van der Waals surface area contributed by atoms with Gasteiger partial charge in [0.2, 0.25) is 0 Å². The molecule has 8 N–H and O–H groups in total. The zero-order chi connectivity index (χ0) is 74.0. The quantitative estimate of drug-likeness (QED) is 0.0505. The summed E-state index contributed by atoms with van der Waals surface area (Å²) in [5.74, 6) is -9.12. The minimum Gasteiger partial charge on any atom is -0.478 e. The molecule has 0 heterocycles.